The molecule has 2 rings (SSSR count). The van der Waals surface area contributed by atoms with Crippen LogP contribution in [0.5, 0.6) is 5.75 Å². The molecule has 0 atom stereocenters. The van der Waals surface area contributed by atoms with Crippen molar-refractivity contribution in [2.75, 3.05) is 12.4 Å². The van der Waals surface area contributed by atoms with E-state index >= 15 is 0 Å². The van der Waals surface area contributed by atoms with E-state index in [1.807, 2.05) is 0 Å². The molecule has 0 saturated heterocycles. The van der Waals surface area contributed by atoms with E-state index in [0.717, 1.165) is 0 Å². The number of amides is 1. The van der Waals surface area contributed by atoms with Crippen molar-refractivity contribution >= 4 is 28.3 Å². The number of benzene rings is 1. The molecule has 0 bridgehead atoms. The second-order valence-electron chi connectivity index (χ2n) is 4.73. The minimum atomic E-state index is -0.833. The lowest BCUT2D eigenvalue weighted by Crippen LogP contribution is -2.16. The molecule has 23 heavy (non-hydrogen) atoms. The Labute approximate surface area is 131 Å². The number of aliphatic hydroxyl groups excluding tert-OH is 1. The number of nitrogens with one attached hydrogen (secondary N) is 1. The number of rotatable bonds is 4. The van der Waals surface area contributed by atoms with Crippen molar-refractivity contribution in [2.24, 2.45) is 0 Å². The first-order valence-corrected chi connectivity index (χ1v) is 6.62. The number of fused-ring (bicyclic) bond motifs is 1. The number of para-hydroxylation sites is 1. The number of hydrogen-bond acceptors (Lipinski definition) is 6. The number of carbonyl (C=O) groups excluding carboxylic acids is 2. The van der Waals surface area contributed by atoms with Crippen LogP contribution >= 0.6 is 0 Å². The summed E-state index contributed by atoms with van der Waals surface area (Å²) in [5.74, 6) is -1.31. The van der Waals surface area contributed by atoms with E-state index in [2.05, 4.69) is 5.32 Å². The van der Waals surface area contributed by atoms with Gasteiger partial charge in [-0.05, 0) is 19.1 Å². The van der Waals surface area contributed by atoms with Crippen LogP contribution in [0.3, 0.4) is 0 Å². The highest BCUT2D eigenvalue weighted by atomic mass is 16.5. The number of Topliss-reactive ketones (excluding diaryl/α,β-unsaturated/α-hetero) is 1. The summed E-state index contributed by atoms with van der Waals surface area (Å²) in [6, 6.07) is 6.58. The summed E-state index contributed by atoms with van der Waals surface area (Å²) in [7, 11) is 1.45. The maximum absolute atomic E-state index is 12.1. The van der Waals surface area contributed by atoms with E-state index in [0.29, 0.717) is 16.7 Å². The number of allylic oxidation sites excluding steroid dienone is 1. The molecule has 0 aliphatic rings. The van der Waals surface area contributed by atoms with Gasteiger partial charge in [0.1, 0.15) is 11.8 Å². The number of carbonyl (C=O) groups is 2. The molecular formula is C16H14N2O5. The summed E-state index contributed by atoms with van der Waals surface area (Å²) in [5.41, 5.74) is -0.0131. The maximum Gasteiger partial charge on any atom is 0.269 e. The highest BCUT2D eigenvalue weighted by Crippen LogP contribution is 2.36. The molecule has 7 heteroatoms. The van der Waals surface area contributed by atoms with Gasteiger partial charge in [0, 0.05) is 12.3 Å². The van der Waals surface area contributed by atoms with Crippen LogP contribution in [0.1, 0.15) is 24.4 Å². The van der Waals surface area contributed by atoms with Crippen molar-refractivity contribution in [1.29, 1.82) is 5.26 Å². The van der Waals surface area contributed by atoms with E-state index < -0.39 is 23.0 Å². The van der Waals surface area contributed by atoms with Gasteiger partial charge in [-0.3, -0.25) is 9.59 Å². The van der Waals surface area contributed by atoms with E-state index in [9.17, 15) is 14.7 Å². The Morgan fingerprint density at radius 3 is 2.57 bits per heavy atom. The number of ketones is 1. The zero-order chi connectivity index (χ0) is 17.1. The Morgan fingerprint density at radius 2 is 2.04 bits per heavy atom. The first kappa shape index (κ1) is 16.1. The lowest BCUT2D eigenvalue weighted by Gasteiger charge is -2.04. The monoisotopic (exact) mass is 314 g/mol. The number of nitrogens with zero attached hydrogens (tertiary/aromatic N) is 1. The normalized spacial score (nSPS) is 11.6. The third kappa shape index (κ3) is 2.87. The first-order valence-electron chi connectivity index (χ1n) is 6.62. The SMILES string of the molecule is COc1cccc2c(NC(=O)/C(C#N)=C(/C)O)c(C(C)=O)oc12. The molecule has 1 aromatic heterocycles. The smallest absolute Gasteiger partial charge is 0.269 e. The van der Waals surface area contributed by atoms with Crippen LogP contribution in [0.2, 0.25) is 0 Å². The molecule has 1 aromatic carbocycles. The fraction of sp³-hybridized carbons (Fsp3) is 0.188. The number of anilines is 1. The van der Waals surface area contributed by atoms with Crippen LogP contribution < -0.4 is 10.1 Å². The summed E-state index contributed by atoms with van der Waals surface area (Å²) in [5, 5.41) is 21.2. The van der Waals surface area contributed by atoms with Gasteiger partial charge in [-0.1, -0.05) is 6.07 Å². The zero-order valence-electron chi connectivity index (χ0n) is 12.8. The molecule has 0 spiro atoms. The Hall–Kier alpha value is -3.27. The number of nitriles is 1. The van der Waals surface area contributed by atoms with Crippen molar-refractivity contribution in [3.05, 3.63) is 35.3 Å². The van der Waals surface area contributed by atoms with Gasteiger partial charge < -0.3 is 19.6 Å². The van der Waals surface area contributed by atoms with Crippen molar-refractivity contribution in [3.63, 3.8) is 0 Å². The average Bonchev–Trinajstić information content (AvgIpc) is 2.86. The molecule has 1 heterocycles. The van der Waals surface area contributed by atoms with Crippen molar-refractivity contribution < 1.29 is 23.8 Å². The maximum atomic E-state index is 12.1. The number of furan rings is 1. The molecule has 0 saturated carbocycles. The van der Waals surface area contributed by atoms with Gasteiger partial charge in [0.15, 0.2) is 28.4 Å². The van der Waals surface area contributed by atoms with Gasteiger partial charge in [0.25, 0.3) is 5.91 Å². The van der Waals surface area contributed by atoms with Gasteiger partial charge >= 0.3 is 0 Å². The van der Waals surface area contributed by atoms with Crippen LogP contribution in [0.25, 0.3) is 11.0 Å². The summed E-state index contributed by atoms with van der Waals surface area (Å²) in [4.78, 5) is 23.9. The highest BCUT2D eigenvalue weighted by Gasteiger charge is 2.23. The van der Waals surface area contributed by atoms with Crippen LogP contribution in [0, 0.1) is 11.3 Å². The topological polar surface area (TPSA) is 113 Å². The Bertz CT molecular complexity index is 866. The summed E-state index contributed by atoms with van der Waals surface area (Å²) in [6.07, 6.45) is 0. The second-order valence-corrected chi connectivity index (χ2v) is 4.73. The zero-order valence-corrected chi connectivity index (χ0v) is 12.8. The third-order valence-corrected chi connectivity index (χ3v) is 3.16. The lowest BCUT2D eigenvalue weighted by molar-refractivity contribution is -0.112. The first-order chi connectivity index (χ1) is 10.9. The van der Waals surface area contributed by atoms with E-state index in [-0.39, 0.29) is 11.4 Å². The average molecular weight is 314 g/mol. The van der Waals surface area contributed by atoms with Crippen LogP contribution in [-0.4, -0.2) is 23.9 Å². The molecule has 0 fully saturated rings. The number of ether oxygens (including phenoxy) is 1. The molecule has 1 amide bonds. The van der Waals surface area contributed by atoms with E-state index in [1.54, 1.807) is 24.3 Å². The predicted molar refractivity (Wildman–Crippen MR) is 82.3 cm³/mol. The fourth-order valence-electron chi connectivity index (χ4n) is 2.10. The number of methoxy groups -OCH3 is 1. The number of aliphatic hydroxyl groups is 1. The molecule has 2 aromatic rings. The van der Waals surface area contributed by atoms with Gasteiger partial charge in [0.2, 0.25) is 0 Å². The van der Waals surface area contributed by atoms with Gasteiger partial charge in [-0.25, -0.2) is 0 Å². The van der Waals surface area contributed by atoms with Gasteiger partial charge in [-0.2, -0.15) is 5.26 Å². The molecule has 0 aliphatic heterocycles. The minimum Gasteiger partial charge on any atom is -0.511 e. The van der Waals surface area contributed by atoms with E-state index in [4.69, 9.17) is 14.4 Å². The molecule has 118 valence electrons. The predicted octanol–water partition coefficient (Wildman–Crippen LogP) is 2.94. The Morgan fingerprint density at radius 1 is 1.35 bits per heavy atom. The van der Waals surface area contributed by atoms with E-state index in [1.165, 1.54) is 21.0 Å². The Kier molecular flexibility index (Phi) is 4.37. The third-order valence-electron chi connectivity index (χ3n) is 3.16. The highest BCUT2D eigenvalue weighted by molar-refractivity contribution is 6.15. The second kappa shape index (κ2) is 6.23. The molecule has 2 N–H and O–H groups in total. The lowest BCUT2D eigenvalue weighted by atomic mass is 10.1. The number of hydrogen-bond donors (Lipinski definition) is 2. The van der Waals surface area contributed by atoms with Crippen molar-refractivity contribution in [1.82, 2.24) is 0 Å². The van der Waals surface area contributed by atoms with Crippen molar-refractivity contribution in [3.8, 4) is 11.8 Å². The van der Waals surface area contributed by atoms with Gasteiger partial charge in [0.05, 0.1) is 12.8 Å². The molecule has 0 aliphatic carbocycles. The quantitative estimate of drug-likeness (QED) is 0.388. The summed E-state index contributed by atoms with van der Waals surface area (Å²) >= 11 is 0. The molecule has 0 radical (unpaired) electrons. The summed E-state index contributed by atoms with van der Waals surface area (Å²) < 4.78 is 10.7. The van der Waals surface area contributed by atoms with Gasteiger partial charge in [-0.15, -0.1) is 0 Å². The van der Waals surface area contributed by atoms with Crippen LogP contribution in [0.15, 0.2) is 33.9 Å². The molecular weight excluding hydrogens is 300 g/mol. The minimum absolute atomic E-state index is 0.0641. The molecule has 0 unspecified atom stereocenters. The van der Waals surface area contributed by atoms with Crippen LogP contribution in [0.4, 0.5) is 5.69 Å². The Balaban J connectivity index is 2.62. The fourth-order valence-corrected chi connectivity index (χ4v) is 2.10. The van der Waals surface area contributed by atoms with Crippen molar-refractivity contribution in [2.45, 2.75) is 13.8 Å². The standard InChI is InChI=1S/C16H14N2O5/c1-8(19)11(7-17)16(21)18-13-10-5-4-6-12(22-3)15(10)23-14(13)9(2)20/h4-6,19H,1-3H3,(H,18,21)/b11-8-. The largest absolute Gasteiger partial charge is 0.511 e. The summed E-state index contributed by atoms with van der Waals surface area (Å²) in [6.45, 7) is 2.51. The molecule has 7 nitrogen and oxygen atoms in total. The van der Waals surface area contributed by atoms with Crippen LogP contribution in [-0.2, 0) is 4.79 Å².